The molecule has 0 aliphatic heterocycles. The van der Waals surface area contributed by atoms with Crippen molar-refractivity contribution >= 4 is 11.5 Å². The van der Waals surface area contributed by atoms with Crippen LogP contribution in [0.4, 0.5) is 11.5 Å². The van der Waals surface area contributed by atoms with Gasteiger partial charge in [0, 0.05) is 11.6 Å². The number of hydrogen-bond donors (Lipinski definition) is 1. The Balaban J connectivity index is 1.91. The van der Waals surface area contributed by atoms with E-state index in [-0.39, 0.29) is 0 Å². The van der Waals surface area contributed by atoms with Gasteiger partial charge in [0.05, 0.1) is 25.1 Å². The molecule has 5 nitrogen and oxygen atoms in total. The van der Waals surface area contributed by atoms with Gasteiger partial charge in [-0.05, 0) is 50.2 Å². The summed E-state index contributed by atoms with van der Waals surface area (Å²) in [7, 11) is 1.65. The van der Waals surface area contributed by atoms with Crippen molar-refractivity contribution in [2.24, 2.45) is 0 Å². The van der Waals surface area contributed by atoms with Gasteiger partial charge in [0.2, 0.25) is 0 Å². The number of rotatable bonds is 6. The van der Waals surface area contributed by atoms with Gasteiger partial charge in [-0.15, -0.1) is 0 Å². The van der Waals surface area contributed by atoms with E-state index in [4.69, 9.17) is 9.47 Å². The number of methoxy groups -OCH3 is 1. The predicted octanol–water partition coefficient (Wildman–Crippen LogP) is 4.60. The molecule has 128 valence electrons. The van der Waals surface area contributed by atoms with Gasteiger partial charge in [-0.2, -0.15) is 0 Å². The minimum absolute atomic E-state index is 0.610. The molecule has 0 fully saturated rings. The largest absolute Gasteiger partial charge is 0.497 e. The number of para-hydroxylation sites is 2. The molecule has 5 heteroatoms. The molecule has 25 heavy (non-hydrogen) atoms. The molecule has 0 aliphatic rings. The van der Waals surface area contributed by atoms with Crippen LogP contribution in [0.2, 0.25) is 0 Å². The Kier molecular flexibility index (Phi) is 5.14. The SMILES string of the molecule is CCOc1ccccc1Nc1cc(-c2ccc(OC)cc2)nc(C)n1. The lowest BCUT2D eigenvalue weighted by Crippen LogP contribution is -2.01. The van der Waals surface area contributed by atoms with Crippen LogP contribution in [0.5, 0.6) is 11.5 Å². The zero-order valence-electron chi connectivity index (χ0n) is 14.6. The summed E-state index contributed by atoms with van der Waals surface area (Å²) in [5.74, 6) is 3.04. The third kappa shape index (κ3) is 4.07. The first-order valence-electron chi connectivity index (χ1n) is 8.18. The number of nitrogens with zero attached hydrogens (tertiary/aromatic N) is 2. The van der Waals surface area contributed by atoms with Gasteiger partial charge in [0.25, 0.3) is 0 Å². The first kappa shape index (κ1) is 16.8. The van der Waals surface area contributed by atoms with Crippen LogP contribution in [0.1, 0.15) is 12.7 Å². The molecule has 0 bridgehead atoms. The van der Waals surface area contributed by atoms with E-state index < -0.39 is 0 Å². The van der Waals surface area contributed by atoms with Gasteiger partial charge >= 0.3 is 0 Å². The van der Waals surface area contributed by atoms with Crippen molar-refractivity contribution in [1.82, 2.24) is 9.97 Å². The van der Waals surface area contributed by atoms with E-state index in [2.05, 4.69) is 15.3 Å². The van der Waals surface area contributed by atoms with Gasteiger partial charge in [-0.1, -0.05) is 12.1 Å². The third-order valence-corrected chi connectivity index (χ3v) is 3.67. The van der Waals surface area contributed by atoms with E-state index in [1.165, 1.54) is 0 Å². The van der Waals surface area contributed by atoms with Crippen molar-refractivity contribution in [3.05, 3.63) is 60.4 Å². The molecule has 1 N–H and O–H groups in total. The molecule has 0 aliphatic carbocycles. The molecule has 0 radical (unpaired) electrons. The molecule has 1 heterocycles. The number of anilines is 2. The predicted molar refractivity (Wildman–Crippen MR) is 99.7 cm³/mol. The van der Waals surface area contributed by atoms with E-state index in [1.54, 1.807) is 7.11 Å². The average molecular weight is 335 g/mol. The van der Waals surface area contributed by atoms with Crippen LogP contribution < -0.4 is 14.8 Å². The summed E-state index contributed by atoms with van der Waals surface area (Å²) >= 11 is 0. The number of ether oxygens (including phenoxy) is 2. The highest BCUT2D eigenvalue weighted by Crippen LogP contribution is 2.28. The average Bonchev–Trinajstić information content (AvgIpc) is 2.63. The van der Waals surface area contributed by atoms with Gasteiger partial charge in [-0.3, -0.25) is 0 Å². The fourth-order valence-electron chi connectivity index (χ4n) is 2.53. The third-order valence-electron chi connectivity index (χ3n) is 3.67. The molecule has 0 amide bonds. The van der Waals surface area contributed by atoms with Crippen LogP contribution in [0.25, 0.3) is 11.3 Å². The number of aryl methyl sites for hydroxylation is 1. The van der Waals surface area contributed by atoms with Crippen molar-refractivity contribution in [2.45, 2.75) is 13.8 Å². The summed E-state index contributed by atoms with van der Waals surface area (Å²) in [6.07, 6.45) is 0. The Morgan fingerprint density at radius 2 is 1.76 bits per heavy atom. The van der Waals surface area contributed by atoms with E-state index in [0.29, 0.717) is 12.4 Å². The summed E-state index contributed by atoms with van der Waals surface area (Å²) < 4.78 is 10.9. The van der Waals surface area contributed by atoms with Crippen molar-refractivity contribution in [3.8, 4) is 22.8 Å². The van der Waals surface area contributed by atoms with Gasteiger partial charge < -0.3 is 14.8 Å². The van der Waals surface area contributed by atoms with Gasteiger partial charge in [0.1, 0.15) is 23.1 Å². The molecule has 3 aromatic rings. The van der Waals surface area contributed by atoms with Crippen molar-refractivity contribution < 1.29 is 9.47 Å². The summed E-state index contributed by atoms with van der Waals surface area (Å²) in [6.45, 7) is 4.46. The standard InChI is InChI=1S/C20H21N3O2/c1-4-25-19-8-6-5-7-17(19)23-20-13-18(21-14(2)22-20)15-9-11-16(24-3)12-10-15/h5-13H,4H2,1-3H3,(H,21,22,23). The second-order valence-corrected chi connectivity index (χ2v) is 5.47. The lowest BCUT2D eigenvalue weighted by atomic mass is 10.1. The molecule has 1 aromatic heterocycles. The number of aromatic nitrogens is 2. The Hall–Kier alpha value is -3.08. The Morgan fingerprint density at radius 1 is 1.00 bits per heavy atom. The van der Waals surface area contributed by atoms with Crippen LogP contribution in [0.15, 0.2) is 54.6 Å². The molecular weight excluding hydrogens is 314 g/mol. The minimum atomic E-state index is 0.610. The van der Waals surface area contributed by atoms with Crippen LogP contribution >= 0.6 is 0 Å². The highest BCUT2D eigenvalue weighted by molar-refractivity contribution is 5.68. The Bertz CT molecular complexity index is 848. The molecular formula is C20H21N3O2. The Morgan fingerprint density at radius 3 is 2.48 bits per heavy atom. The fraction of sp³-hybridized carbons (Fsp3) is 0.200. The lowest BCUT2D eigenvalue weighted by molar-refractivity contribution is 0.342. The molecule has 0 saturated heterocycles. The molecule has 0 atom stereocenters. The first-order chi connectivity index (χ1) is 12.2. The molecule has 2 aromatic carbocycles. The van der Waals surface area contributed by atoms with E-state index >= 15 is 0 Å². The second-order valence-electron chi connectivity index (χ2n) is 5.47. The molecule has 0 spiro atoms. The van der Waals surface area contributed by atoms with Crippen molar-refractivity contribution in [1.29, 1.82) is 0 Å². The highest BCUT2D eigenvalue weighted by Gasteiger charge is 2.08. The lowest BCUT2D eigenvalue weighted by Gasteiger charge is -2.13. The quantitative estimate of drug-likeness (QED) is 0.713. The maximum absolute atomic E-state index is 5.66. The fourth-order valence-corrected chi connectivity index (χ4v) is 2.53. The molecule has 0 saturated carbocycles. The minimum Gasteiger partial charge on any atom is -0.497 e. The Labute approximate surface area is 147 Å². The van der Waals surface area contributed by atoms with Crippen molar-refractivity contribution in [2.75, 3.05) is 19.0 Å². The molecule has 3 rings (SSSR count). The van der Waals surface area contributed by atoms with E-state index in [9.17, 15) is 0 Å². The summed E-state index contributed by atoms with van der Waals surface area (Å²) in [5, 5.41) is 3.33. The normalized spacial score (nSPS) is 10.4. The van der Waals surface area contributed by atoms with Gasteiger partial charge in [0.15, 0.2) is 0 Å². The zero-order valence-corrected chi connectivity index (χ0v) is 14.6. The first-order valence-corrected chi connectivity index (χ1v) is 8.18. The van der Waals surface area contributed by atoms with E-state index in [0.717, 1.165) is 34.3 Å². The zero-order chi connectivity index (χ0) is 17.6. The van der Waals surface area contributed by atoms with Gasteiger partial charge in [-0.25, -0.2) is 9.97 Å². The summed E-state index contributed by atoms with van der Waals surface area (Å²) in [5.41, 5.74) is 2.74. The number of nitrogens with one attached hydrogen (secondary N) is 1. The van der Waals surface area contributed by atoms with Crippen LogP contribution in [0, 0.1) is 6.92 Å². The van der Waals surface area contributed by atoms with Crippen LogP contribution in [-0.2, 0) is 0 Å². The second kappa shape index (κ2) is 7.66. The summed E-state index contributed by atoms with van der Waals surface area (Å²) in [6, 6.07) is 17.6. The van der Waals surface area contributed by atoms with E-state index in [1.807, 2.05) is 68.4 Å². The van der Waals surface area contributed by atoms with Crippen molar-refractivity contribution in [3.63, 3.8) is 0 Å². The number of hydrogen-bond acceptors (Lipinski definition) is 5. The molecule has 0 unspecified atom stereocenters. The maximum Gasteiger partial charge on any atom is 0.142 e. The highest BCUT2D eigenvalue weighted by atomic mass is 16.5. The summed E-state index contributed by atoms with van der Waals surface area (Å²) in [4.78, 5) is 9.02. The smallest absolute Gasteiger partial charge is 0.142 e. The van der Waals surface area contributed by atoms with Crippen LogP contribution in [-0.4, -0.2) is 23.7 Å². The number of benzene rings is 2. The monoisotopic (exact) mass is 335 g/mol. The maximum atomic E-state index is 5.66. The van der Waals surface area contributed by atoms with Crippen LogP contribution in [0.3, 0.4) is 0 Å². The topological polar surface area (TPSA) is 56.3 Å².